The predicted molar refractivity (Wildman–Crippen MR) is 114 cm³/mol. The van der Waals surface area contributed by atoms with E-state index in [1.807, 2.05) is 30.3 Å². The third kappa shape index (κ3) is 5.21. The van der Waals surface area contributed by atoms with Crippen LogP contribution in [0.5, 0.6) is 0 Å². The molecule has 0 bridgehead atoms. The van der Waals surface area contributed by atoms with Gasteiger partial charge < -0.3 is 5.32 Å². The Morgan fingerprint density at radius 3 is 2.53 bits per heavy atom. The maximum atomic E-state index is 12.4. The van der Waals surface area contributed by atoms with Crippen LogP contribution < -0.4 is 5.32 Å². The third-order valence-corrected chi connectivity index (χ3v) is 5.06. The van der Waals surface area contributed by atoms with Crippen molar-refractivity contribution in [2.45, 2.75) is 0 Å². The van der Waals surface area contributed by atoms with Gasteiger partial charge in [0.25, 0.3) is 16.8 Å². The van der Waals surface area contributed by atoms with Crippen molar-refractivity contribution in [3.63, 3.8) is 0 Å². The summed E-state index contributed by atoms with van der Waals surface area (Å²) in [4.78, 5) is 48.4. The smallest absolute Gasteiger partial charge is 0.293 e. The van der Waals surface area contributed by atoms with E-state index in [-0.39, 0.29) is 18.8 Å². The largest absolute Gasteiger partial charge is 0.351 e. The van der Waals surface area contributed by atoms with Gasteiger partial charge in [0.15, 0.2) is 0 Å². The molecule has 9 heteroatoms. The molecule has 2 aromatic carbocycles. The van der Waals surface area contributed by atoms with E-state index in [2.05, 4.69) is 5.32 Å². The van der Waals surface area contributed by atoms with E-state index in [1.54, 1.807) is 12.1 Å². The lowest BCUT2D eigenvalue weighted by Crippen LogP contribution is -2.36. The zero-order valence-corrected chi connectivity index (χ0v) is 16.5. The minimum Gasteiger partial charge on any atom is -0.351 e. The molecular formula is C21H17N3O5S. The molecule has 0 aliphatic carbocycles. The first-order valence-corrected chi connectivity index (χ1v) is 9.77. The average molecular weight is 423 g/mol. The van der Waals surface area contributed by atoms with Crippen molar-refractivity contribution in [3.05, 3.63) is 86.8 Å². The zero-order chi connectivity index (χ0) is 21.5. The van der Waals surface area contributed by atoms with Crippen LogP contribution in [0.3, 0.4) is 0 Å². The molecule has 30 heavy (non-hydrogen) atoms. The number of imide groups is 1. The van der Waals surface area contributed by atoms with Crippen LogP contribution in [0, 0.1) is 10.1 Å². The van der Waals surface area contributed by atoms with Gasteiger partial charge in [-0.2, -0.15) is 0 Å². The van der Waals surface area contributed by atoms with Gasteiger partial charge in [0.1, 0.15) is 0 Å². The highest BCUT2D eigenvalue weighted by atomic mass is 32.2. The van der Waals surface area contributed by atoms with Crippen molar-refractivity contribution in [2.75, 3.05) is 13.1 Å². The third-order valence-electron chi connectivity index (χ3n) is 4.15. The quantitative estimate of drug-likeness (QED) is 0.415. The van der Waals surface area contributed by atoms with E-state index in [4.69, 9.17) is 0 Å². The van der Waals surface area contributed by atoms with Crippen LogP contribution in [-0.4, -0.2) is 40.0 Å². The second-order valence-corrected chi connectivity index (χ2v) is 7.18. The first kappa shape index (κ1) is 21.0. The molecule has 1 saturated heterocycles. The highest BCUT2D eigenvalue weighted by Crippen LogP contribution is 2.31. The molecule has 152 valence electrons. The summed E-state index contributed by atoms with van der Waals surface area (Å²) in [6.45, 7) is 0.0958. The fraction of sp³-hybridized carbons (Fsp3) is 0.0952. The number of para-hydroxylation sites is 1. The lowest BCUT2D eigenvalue weighted by Gasteiger charge is -2.12. The van der Waals surface area contributed by atoms with Gasteiger partial charge in [-0.25, -0.2) is 0 Å². The Kier molecular flexibility index (Phi) is 6.76. The van der Waals surface area contributed by atoms with Gasteiger partial charge >= 0.3 is 0 Å². The summed E-state index contributed by atoms with van der Waals surface area (Å²) in [5.41, 5.74) is 1.01. The Bertz CT molecular complexity index is 1050. The number of amides is 3. The minimum atomic E-state index is -0.527. The molecule has 1 aliphatic heterocycles. The molecule has 0 aromatic heterocycles. The lowest BCUT2D eigenvalue weighted by atomic mass is 10.1. The number of rotatable bonds is 7. The second kappa shape index (κ2) is 9.66. The highest BCUT2D eigenvalue weighted by Gasteiger charge is 2.34. The van der Waals surface area contributed by atoms with Gasteiger partial charge in [-0.3, -0.25) is 29.4 Å². The monoisotopic (exact) mass is 423 g/mol. The Morgan fingerprint density at radius 1 is 1.10 bits per heavy atom. The number of nitro benzene ring substituents is 1. The molecule has 0 atom stereocenters. The first-order valence-electron chi connectivity index (χ1n) is 8.95. The van der Waals surface area contributed by atoms with Gasteiger partial charge in [0, 0.05) is 25.2 Å². The SMILES string of the molecule is O=C(/C=C/c1ccccc1[N+](=O)[O-])NCCN1C(=O)S/C(=C\c2ccccc2)C1=O. The van der Waals surface area contributed by atoms with E-state index in [0.717, 1.165) is 22.2 Å². The second-order valence-electron chi connectivity index (χ2n) is 6.18. The molecule has 0 spiro atoms. The summed E-state index contributed by atoms with van der Waals surface area (Å²) in [6.07, 6.45) is 4.17. The van der Waals surface area contributed by atoms with Gasteiger partial charge in [-0.15, -0.1) is 0 Å². The van der Waals surface area contributed by atoms with Crippen LogP contribution in [0.4, 0.5) is 10.5 Å². The van der Waals surface area contributed by atoms with Crippen LogP contribution in [-0.2, 0) is 9.59 Å². The fourth-order valence-corrected chi connectivity index (χ4v) is 3.57. The Hall–Kier alpha value is -3.72. The van der Waals surface area contributed by atoms with Crippen molar-refractivity contribution in [3.8, 4) is 0 Å². The van der Waals surface area contributed by atoms with Crippen molar-refractivity contribution in [2.24, 2.45) is 0 Å². The van der Waals surface area contributed by atoms with Gasteiger partial charge in [-0.1, -0.05) is 42.5 Å². The lowest BCUT2D eigenvalue weighted by molar-refractivity contribution is -0.385. The standard InChI is InChI=1S/C21H17N3O5S/c25-19(11-10-16-8-4-5-9-17(16)24(28)29)22-12-13-23-20(26)18(30-21(23)27)14-15-6-2-1-3-7-15/h1-11,14H,12-13H2,(H,22,25)/b11-10+,18-14-. The van der Waals surface area contributed by atoms with Crippen LogP contribution in [0.25, 0.3) is 12.2 Å². The number of carbonyl (C=O) groups excluding carboxylic acids is 3. The Balaban J connectivity index is 1.54. The molecule has 3 amide bonds. The molecule has 0 radical (unpaired) electrons. The molecule has 1 N–H and O–H groups in total. The summed E-state index contributed by atoms with van der Waals surface area (Å²) in [6, 6.07) is 15.2. The fourth-order valence-electron chi connectivity index (χ4n) is 2.70. The topological polar surface area (TPSA) is 110 Å². The van der Waals surface area contributed by atoms with E-state index in [0.29, 0.717) is 10.5 Å². The molecule has 8 nitrogen and oxygen atoms in total. The number of nitrogens with one attached hydrogen (secondary N) is 1. The van der Waals surface area contributed by atoms with Gasteiger partial charge in [0.05, 0.1) is 15.4 Å². The normalized spacial score (nSPS) is 15.2. The van der Waals surface area contributed by atoms with Gasteiger partial charge in [-0.05, 0) is 35.5 Å². The predicted octanol–water partition coefficient (Wildman–Crippen LogP) is 3.46. The molecule has 0 unspecified atom stereocenters. The number of benzene rings is 2. The Morgan fingerprint density at radius 2 is 1.80 bits per heavy atom. The summed E-state index contributed by atoms with van der Waals surface area (Å²) in [7, 11) is 0. The molecule has 2 aromatic rings. The van der Waals surface area contributed by atoms with Crippen molar-refractivity contribution in [1.82, 2.24) is 10.2 Å². The minimum absolute atomic E-state index is 0.0296. The number of thioether (sulfide) groups is 1. The van der Waals surface area contributed by atoms with E-state index in [9.17, 15) is 24.5 Å². The van der Waals surface area contributed by atoms with Crippen molar-refractivity contribution >= 4 is 46.7 Å². The highest BCUT2D eigenvalue weighted by molar-refractivity contribution is 8.18. The number of hydrogen-bond donors (Lipinski definition) is 1. The van der Waals surface area contributed by atoms with E-state index >= 15 is 0 Å². The summed E-state index contributed by atoms with van der Waals surface area (Å²) in [5.74, 6) is -0.890. The molecule has 1 fully saturated rings. The van der Waals surface area contributed by atoms with Crippen LogP contribution in [0.1, 0.15) is 11.1 Å². The Labute approximate surface area is 176 Å². The number of carbonyl (C=O) groups is 3. The maximum Gasteiger partial charge on any atom is 0.293 e. The molecule has 3 rings (SSSR count). The maximum absolute atomic E-state index is 12.4. The van der Waals surface area contributed by atoms with Crippen LogP contribution >= 0.6 is 11.8 Å². The van der Waals surface area contributed by atoms with Gasteiger partial charge in [0.2, 0.25) is 5.91 Å². The molecular weight excluding hydrogens is 406 g/mol. The van der Waals surface area contributed by atoms with E-state index < -0.39 is 22.0 Å². The number of nitrogens with zero attached hydrogens (tertiary/aromatic N) is 2. The number of nitro groups is 1. The van der Waals surface area contributed by atoms with Crippen LogP contribution in [0.15, 0.2) is 65.6 Å². The van der Waals surface area contributed by atoms with Crippen molar-refractivity contribution in [1.29, 1.82) is 0 Å². The number of hydrogen-bond acceptors (Lipinski definition) is 6. The molecule has 1 heterocycles. The molecule has 1 aliphatic rings. The van der Waals surface area contributed by atoms with Crippen molar-refractivity contribution < 1.29 is 19.3 Å². The van der Waals surface area contributed by atoms with Crippen LogP contribution in [0.2, 0.25) is 0 Å². The summed E-state index contributed by atoms with van der Waals surface area (Å²) in [5, 5.41) is 13.2. The summed E-state index contributed by atoms with van der Waals surface area (Å²) < 4.78 is 0. The summed E-state index contributed by atoms with van der Waals surface area (Å²) >= 11 is 0.855. The van der Waals surface area contributed by atoms with E-state index in [1.165, 1.54) is 30.4 Å². The zero-order valence-electron chi connectivity index (χ0n) is 15.7. The molecule has 0 saturated carbocycles. The average Bonchev–Trinajstić information content (AvgIpc) is 3.00. The first-order chi connectivity index (χ1) is 14.5.